The lowest BCUT2D eigenvalue weighted by Gasteiger charge is -2.13. The second-order valence-electron chi connectivity index (χ2n) is 4.26. The summed E-state index contributed by atoms with van der Waals surface area (Å²) >= 11 is 1.30. The molecule has 0 saturated heterocycles. The van der Waals surface area contributed by atoms with Crippen molar-refractivity contribution in [2.75, 3.05) is 13.7 Å². The molecule has 0 radical (unpaired) electrons. The number of nitrogens with one attached hydrogen (secondary N) is 2. The van der Waals surface area contributed by atoms with E-state index in [0.29, 0.717) is 23.6 Å². The first-order chi connectivity index (χ1) is 9.97. The molecule has 0 aliphatic heterocycles. The van der Waals surface area contributed by atoms with E-state index in [4.69, 9.17) is 4.74 Å². The average Bonchev–Trinajstić information content (AvgIpc) is 2.45. The lowest BCUT2D eigenvalue weighted by atomic mass is 10.2. The molecule has 0 aromatic heterocycles. The number of methoxy groups -OCH3 is 1. The summed E-state index contributed by atoms with van der Waals surface area (Å²) in [7, 11) is 1.51. The smallest absolute Gasteiger partial charge is 0.321 e. The normalized spacial score (nSPS) is 11.6. The Morgan fingerprint density at radius 1 is 1.43 bits per heavy atom. The van der Waals surface area contributed by atoms with Gasteiger partial charge in [0.25, 0.3) is 0 Å². The number of halogens is 1. The summed E-state index contributed by atoms with van der Waals surface area (Å²) in [5.41, 5.74) is 0.667. The molecule has 1 atom stereocenters. The van der Waals surface area contributed by atoms with Gasteiger partial charge in [0, 0.05) is 17.9 Å². The Labute approximate surface area is 127 Å². The van der Waals surface area contributed by atoms with Crippen molar-refractivity contribution in [2.24, 2.45) is 0 Å². The second kappa shape index (κ2) is 8.51. The maximum absolute atomic E-state index is 13.2. The van der Waals surface area contributed by atoms with Gasteiger partial charge in [0.2, 0.25) is 5.91 Å². The number of carbonyl (C=O) groups excluding carboxylic acids is 2. The zero-order valence-electron chi connectivity index (χ0n) is 12.2. The molecule has 0 saturated carbocycles. The first-order valence-electron chi connectivity index (χ1n) is 6.50. The van der Waals surface area contributed by atoms with E-state index in [0.717, 1.165) is 0 Å². The molecule has 3 amide bonds. The van der Waals surface area contributed by atoms with E-state index in [2.05, 4.69) is 10.6 Å². The molecule has 0 heterocycles. The van der Waals surface area contributed by atoms with Crippen molar-refractivity contribution in [1.29, 1.82) is 0 Å². The number of ether oxygens (including phenoxy) is 1. The minimum absolute atomic E-state index is 0.356. The fourth-order valence-corrected chi connectivity index (χ4v) is 2.43. The maximum atomic E-state index is 13.2. The molecule has 0 spiro atoms. The van der Waals surface area contributed by atoms with Crippen LogP contribution in [0.15, 0.2) is 18.2 Å². The first-order valence-corrected chi connectivity index (χ1v) is 7.55. The summed E-state index contributed by atoms with van der Waals surface area (Å²) in [6.45, 7) is 3.89. The fourth-order valence-electron chi connectivity index (χ4n) is 1.57. The topological polar surface area (TPSA) is 67.4 Å². The van der Waals surface area contributed by atoms with Crippen molar-refractivity contribution in [1.82, 2.24) is 10.6 Å². The maximum Gasteiger partial charge on any atom is 0.321 e. The Bertz CT molecular complexity index is 511. The standard InChI is InChI=1S/C14H19FN2O3S/c1-4-16-14(19)17-13(18)9(2)21-8-10-7-11(15)5-6-12(10)20-3/h5-7,9H,4,8H2,1-3H3,(H2,16,17,18,19)/t9-/m0/s1. The fraction of sp³-hybridized carbons (Fsp3) is 0.429. The summed E-state index contributed by atoms with van der Waals surface area (Å²) in [6, 6.07) is 3.72. The highest BCUT2D eigenvalue weighted by molar-refractivity contribution is 7.99. The van der Waals surface area contributed by atoms with Gasteiger partial charge in [-0.25, -0.2) is 9.18 Å². The molecule has 0 aliphatic rings. The van der Waals surface area contributed by atoms with Gasteiger partial charge in [-0.15, -0.1) is 11.8 Å². The van der Waals surface area contributed by atoms with Crippen LogP contribution in [0.4, 0.5) is 9.18 Å². The minimum atomic E-state index is -0.515. The zero-order chi connectivity index (χ0) is 15.8. The molecule has 21 heavy (non-hydrogen) atoms. The third kappa shape index (κ3) is 5.63. The number of hydrogen-bond donors (Lipinski definition) is 2. The average molecular weight is 314 g/mol. The number of hydrogen-bond acceptors (Lipinski definition) is 4. The van der Waals surface area contributed by atoms with Gasteiger partial charge < -0.3 is 10.1 Å². The molecule has 0 fully saturated rings. The monoisotopic (exact) mass is 314 g/mol. The van der Waals surface area contributed by atoms with E-state index in [9.17, 15) is 14.0 Å². The highest BCUT2D eigenvalue weighted by atomic mass is 32.2. The van der Waals surface area contributed by atoms with Crippen molar-refractivity contribution in [3.63, 3.8) is 0 Å². The van der Waals surface area contributed by atoms with Gasteiger partial charge in [-0.3, -0.25) is 10.1 Å². The van der Waals surface area contributed by atoms with Crippen LogP contribution < -0.4 is 15.4 Å². The van der Waals surface area contributed by atoms with Crippen LogP contribution in [-0.2, 0) is 10.5 Å². The quantitative estimate of drug-likeness (QED) is 0.845. The zero-order valence-corrected chi connectivity index (χ0v) is 13.1. The van der Waals surface area contributed by atoms with Crippen molar-refractivity contribution in [3.8, 4) is 5.75 Å². The Hall–Kier alpha value is -1.76. The molecule has 0 bridgehead atoms. The van der Waals surface area contributed by atoms with Crippen LogP contribution in [0, 0.1) is 5.82 Å². The van der Waals surface area contributed by atoms with Gasteiger partial charge in [0.1, 0.15) is 11.6 Å². The van der Waals surface area contributed by atoms with Crippen LogP contribution in [0.1, 0.15) is 19.4 Å². The summed E-state index contributed by atoms with van der Waals surface area (Å²) in [5.74, 6) is 0.234. The Morgan fingerprint density at radius 2 is 2.14 bits per heavy atom. The Kier molecular flexibility index (Phi) is 7.01. The van der Waals surface area contributed by atoms with E-state index in [-0.39, 0.29) is 11.7 Å². The van der Waals surface area contributed by atoms with Crippen LogP contribution in [0.3, 0.4) is 0 Å². The number of amides is 3. The molecule has 116 valence electrons. The molecule has 2 N–H and O–H groups in total. The van der Waals surface area contributed by atoms with Crippen molar-refractivity contribution in [2.45, 2.75) is 24.9 Å². The third-order valence-electron chi connectivity index (χ3n) is 2.67. The predicted octanol–water partition coefficient (Wildman–Crippen LogP) is 2.30. The van der Waals surface area contributed by atoms with E-state index in [1.807, 2.05) is 0 Å². The molecule has 0 unspecified atom stereocenters. The summed E-state index contributed by atoms with van der Waals surface area (Å²) in [5, 5.41) is 4.28. The van der Waals surface area contributed by atoms with E-state index in [1.165, 1.54) is 31.0 Å². The Balaban J connectivity index is 2.56. The van der Waals surface area contributed by atoms with Crippen LogP contribution >= 0.6 is 11.8 Å². The van der Waals surface area contributed by atoms with Crippen LogP contribution in [0.5, 0.6) is 5.75 Å². The third-order valence-corrected chi connectivity index (χ3v) is 3.87. The van der Waals surface area contributed by atoms with Crippen molar-refractivity contribution >= 4 is 23.7 Å². The summed E-state index contributed by atoms with van der Waals surface area (Å²) in [4.78, 5) is 23.0. The highest BCUT2D eigenvalue weighted by Crippen LogP contribution is 2.26. The van der Waals surface area contributed by atoms with Crippen molar-refractivity contribution in [3.05, 3.63) is 29.6 Å². The molecular weight excluding hydrogens is 295 g/mol. The van der Waals surface area contributed by atoms with Crippen LogP contribution in [0.2, 0.25) is 0 Å². The van der Waals surface area contributed by atoms with Gasteiger partial charge in [0.15, 0.2) is 0 Å². The van der Waals surface area contributed by atoms with Gasteiger partial charge in [-0.05, 0) is 32.0 Å². The van der Waals surface area contributed by atoms with Gasteiger partial charge >= 0.3 is 6.03 Å². The second-order valence-corrected chi connectivity index (χ2v) is 5.59. The van der Waals surface area contributed by atoms with Crippen LogP contribution in [0.25, 0.3) is 0 Å². The molecule has 7 heteroatoms. The number of benzene rings is 1. The number of urea groups is 1. The van der Waals surface area contributed by atoms with E-state index < -0.39 is 11.3 Å². The highest BCUT2D eigenvalue weighted by Gasteiger charge is 2.17. The number of carbonyl (C=O) groups is 2. The van der Waals surface area contributed by atoms with Gasteiger partial charge in [-0.2, -0.15) is 0 Å². The van der Waals surface area contributed by atoms with E-state index in [1.54, 1.807) is 19.9 Å². The summed E-state index contributed by atoms with van der Waals surface area (Å²) < 4.78 is 18.4. The molecule has 5 nitrogen and oxygen atoms in total. The number of thioether (sulfide) groups is 1. The lowest BCUT2D eigenvalue weighted by molar-refractivity contribution is -0.119. The minimum Gasteiger partial charge on any atom is -0.496 e. The molecule has 1 aromatic carbocycles. The van der Waals surface area contributed by atoms with E-state index >= 15 is 0 Å². The molecular formula is C14H19FN2O3S. The molecule has 1 rings (SSSR count). The van der Waals surface area contributed by atoms with Gasteiger partial charge in [-0.1, -0.05) is 0 Å². The van der Waals surface area contributed by atoms with Crippen molar-refractivity contribution < 1.29 is 18.7 Å². The molecule has 1 aromatic rings. The summed E-state index contributed by atoms with van der Waals surface area (Å²) in [6.07, 6.45) is 0. The first kappa shape index (κ1) is 17.3. The number of imide groups is 1. The SMILES string of the molecule is CCNC(=O)NC(=O)[C@H](C)SCc1cc(F)ccc1OC. The Morgan fingerprint density at radius 3 is 2.76 bits per heavy atom. The number of rotatable bonds is 6. The van der Waals surface area contributed by atoms with Gasteiger partial charge in [0.05, 0.1) is 12.4 Å². The lowest BCUT2D eigenvalue weighted by Crippen LogP contribution is -2.42. The molecule has 0 aliphatic carbocycles. The predicted molar refractivity (Wildman–Crippen MR) is 80.9 cm³/mol. The largest absolute Gasteiger partial charge is 0.496 e. The van der Waals surface area contributed by atoms with Crippen LogP contribution in [-0.4, -0.2) is 30.8 Å².